The molecule has 2 rings (SSSR count). The molecule has 0 aromatic carbocycles. The molecule has 1 unspecified atom stereocenters. The van der Waals surface area contributed by atoms with Crippen molar-refractivity contribution < 1.29 is 9.63 Å². The summed E-state index contributed by atoms with van der Waals surface area (Å²) in [4.78, 5) is 17.3. The fourth-order valence-corrected chi connectivity index (χ4v) is 2.55. The van der Waals surface area contributed by atoms with Gasteiger partial charge in [-0.25, -0.2) is 0 Å². The predicted octanol–water partition coefficient (Wildman–Crippen LogP) is 2.19. The summed E-state index contributed by atoms with van der Waals surface area (Å²) in [5, 5.41) is 3.10. The van der Waals surface area contributed by atoms with E-state index in [2.05, 4.69) is 17.4 Å². The van der Waals surface area contributed by atoms with Gasteiger partial charge in [0.25, 0.3) is 0 Å². The van der Waals surface area contributed by atoms with E-state index in [0.717, 1.165) is 30.6 Å². The first-order valence-corrected chi connectivity index (χ1v) is 6.84. The molecule has 1 aliphatic carbocycles. The maximum absolute atomic E-state index is 12.1. The number of rotatable bonds is 4. The number of carbonyl (C=O) groups excluding carboxylic acids is 1. The van der Waals surface area contributed by atoms with E-state index < -0.39 is 0 Å². The van der Waals surface area contributed by atoms with Gasteiger partial charge in [0, 0.05) is 6.04 Å². The van der Waals surface area contributed by atoms with Gasteiger partial charge in [-0.05, 0) is 24.8 Å². The molecule has 1 aliphatic heterocycles. The van der Waals surface area contributed by atoms with E-state index in [1.807, 2.05) is 6.92 Å². The van der Waals surface area contributed by atoms with E-state index in [9.17, 15) is 4.79 Å². The van der Waals surface area contributed by atoms with Gasteiger partial charge < -0.3 is 10.2 Å². The Labute approximate surface area is 108 Å². The Kier molecular flexibility index (Phi) is 4.42. The quantitative estimate of drug-likeness (QED) is 0.804. The molecule has 2 aliphatic rings. The van der Waals surface area contributed by atoms with Crippen LogP contribution in [0.1, 0.15) is 45.4 Å². The number of hydrogen-bond acceptors (Lipinski definition) is 3. The molecule has 1 saturated carbocycles. The lowest BCUT2D eigenvalue weighted by atomic mass is 9.95. The average molecular weight is 250 g/mol. The molecule has 1 amide bonds. The summed E-state index contributed by atoms with van der Waals surface area (Å²) in [6.45, 7) is 5.78. The second-order valence-electron chi connectivity index (χ2n) is 4.94. The molecule has 100 valence electrons. The van der Waals surface area contributed by atoms with Gasteiger partial charge in [0.15, 0.2) is 11.8 Å². The summed E-state index contributed by atoms with van der Waals surface area (Å²) in [6, 6.07) is 0.00332. The van der Waals surface area contributed by atoms with Gasteiger partial charge in [0.2, 0.25) is 5.91 Å². The SMILES string of the molecule is C=C/C(CC)=C1\ONC1C(=O)NC1CCCCC1. The van der Waals surface area contributed by atoms with Crippen molar-refractivity contribution in [2.45, 2.75) is 57.5 Å². The maximum atomic E-state index is 12.1. The van der Waals surface area contributed by atoms with Crippen LogP contribution in [0.15, 0.2) is 24.0 Å². The van der Waals surface area contributed by atoms with Gasteiger partial charge >= 0.3 is 0 Å². The van der Waals surface area contributed by atoms with Crippen LogP contribution in [0.25, 0.3) is 0 Å². The second kappa shape index (κ2) is 6.05. The van der Waals surface area contributed by atoms with Crippen molar-refractivity contribution in [1.29, 1.82) is 0 Å². The molecule has 4 heteroatoms. The summed E-state index contributed by atoms with van der Waals surface area (Å²) in [7, 11) is 0. The monoisotopic (exact) mass is 250 g/mol. The smallest absolute Gasteiger partial charge is 0.248 e. The topological polar surface area (TPSA) is 50.4 Å². The third kappa shape index (κ3) is 2.75. The molecule has 18 heavy (non-hydrogen) atoms. The van der Waals surface area contributed by atoms with Gasteiger partial charge in [-0.15, -0.1) is 5.48 Å². The zero-order valence-corrected chi connectivity index (χ0v) is 11.0. The summed E-state index contributed by atoms with van der Waals surface area (Å²) in [5.41, 5.74) is 3.71. The molecule has 0 aromatic heterocycles. The van der Waals surface area contributed by atoms with E-state index in [-0.39, 0.29) is 11.9 Å². The van der Waals surface area contributed by atoms with Crippen LogP contribution in [0.3, 0.4) is 0 Å². The van der Waals surface area contributed by atoms with Gasteiger partial charge in [-0.3, -0.25) is 4.79 Å². The van der Waals surface area contributed by atoms with Crippen LogP contribution < -0.4 is 10.8 Å². The van der Waals surface area contributed by atoms with E-state index in [1.54, 1.807) is 6.08 Å². The molecule has 4 nitrogen and oxygen atoms in total. The molecular formula is C14H22N2O2. The molecule has 1 saturated heterocycles. The van der Waals surface area contributed by atoms with Crippen LogP contribution in [0, 0.1) is 0 Å². The highest BCUT2D eigenvalue weighted by Crippen LogP contribution is 2.23. The molecule has 0 aromatic rings. The molecule has 2 fully saturated rings. The van der Waals surface area contributed by atoms with Crippen molar-refractivity contribution >= 4 is 5.91 Å². The van der Waals surface area contributed by atoms with Gasteiger partial charge in [-0.1, -0.05) is 38.8 Å². The standard InChI is InChI=1S/C14H22N2O2/c1-3-10(4-2)13-12(16-18-13)14(17)15-11-8-6-5-7-9-11/h3,11-12,16H,1,4-9H2,2H3,(H,15,17)/b13-10+. The molecule has 1 heterocycles. The summed E-state index contributed by atoms with van der Waals surface area (Å²) >= 11 is 0. The molecule has 0 radical (unpaired) electrons. The zero-order chi connectivity index (χ0) is 13.0. The maximum Gasteiger partial charge on any atom is 0.248 e. The highest BCUT2D eigenvalue weighted by molar-refractivity contribution is 5.85. The van der Waals surface area contributed by atoms with Crippen LogP contribution in [0.4, 0.5) is 0 Å². The van der Waals surface area contributed by atoms with Crippen molar-refractivity contribution in [2.24, 2.45) is 0 Å². The lowest BCUT2D eigenvalue weighted by Crippen LogP contribution is -2.56. The predicted molar refractivity (Wildman–Crippen MR) is 70.5 cm³/mol. The minimum Gasteiger partial charge on any atom is -0.409 e. The van der Waals surface area contributed by atoms with Crippen LogP contribution in [-0.4, -0.2) is 18.0 Å². The van der Waals surface area contributed by atoms with Gasteiger partial charge in [-0.2, -0.15) is 0 Å². The summed E-state index contributed by atoms with van der Waals surface area (Å²) in [6.07, 6.45) is 8.51. The van der Waals surface area contributed by atoms with Crippen LogP contribution in [0.5, 0.6) is 0 Å². The van der Waals surface area contributed by atoms with Gasteiger partial charge in [0.05, 0.1) is 0 Å². The minimum atomic E-state index is -0.333. The third-order valence-corrected chi connectivity index (χ3v) is 3.71. The fraction of sp³-hybridized carbons (Fsp3) is 0.643. The second-order valence-corrected chi connectivity index (χ2v) is 4.94. The fourth-order valence-electron chi connectivity index (χ4n) is 2.55. The number of amides is 1. The Balaban J connectivity index is 1.93. The lowest BCUT2D eigenvalue weighted by Gasteiger charge is -2.33. The van der Waals surface area contributed by atoms with Crippen molar-refractivity contribution in [2.75, 3.05) is 0 Å². The number of hydroxylamine groups is 1. The Bertz CT molecular complexity index is 357. The first-order valence-electron chi connectivity index (χ1n) is 6.84. The first kappa shape index (κ1) is 13.1. The number of nitrogens with one attached hydrogen (secondary N) is 2. The third-order valence-electron chi connectivity index (χ3n) is 3.71. The van der Waals surface area contributed by atoms with Crippen molar-refractivity contribution in [3.63, 3.8) is 0 Å². The van der Waals surface area contributed by atoms with Gasteiger partial charge in [0.1, 0.15) is 0 Å². The van der Waals surface area contributed by atoms with Crippen molar-refractivity contribution in [3.8, 4) is 0 Å². The van der Waals surface area contributed by atoms with Crippen LogP contribution >= 0.6 is 0 Å². The molecule has 0 spiro atoms. The van der Waals surface area contributed by atoms with Crippen LogP contribution in [0.2, 0.25) is 0 Å². The Morgan fingerprint density at radius 3 is 2.72 bits per heavy atom. The lowest BCUT2D eigenvalue weighted by molar-refractivity contribution is -0.135. The molecule has 1 atom stereocenters. The Hall–Kier alpha value is -1.29. The Morgan fingerprint density at radius 2 is 2.22 bits per heavy atom. The highest BCUT2D eigenvalue weighted by atomic mass is 16.7. The zero-order valence-electron chi connectivity index (χ0n) is 11.0. The number of hydrogen-bond donors (Lipinski definition) is 2. The average Bonchev–Trinajstić information content (AvgIpc) is 2.35. The van der Waals surface area contributed by atoms with Crippen molar-refractivity contribution in [3.05, 3.63) is 24.0 Å². The normalized spacial score (nSPS) is 26.8. The van der Waals surface area contributed by atoms with E-state index in [0.29, 0.717) is 6.04 Å². The highest BCUT2D eigenvalue weighted by Gasteiger charge is 2.36. The van der Waals surface area contributed by atoms with E-state index in [1.165, 1.54) is 19.3 Å². The van der Waals surface area contributed by atoms with E-state index in [4.69, 9.17) is 4.84 Å². The van der Waals surface area contributed by atoms with Crippen LogP contribution in [-0.2, 0) is 9.63 Å². The van der Waals surface area contributed by atoms with E-state index >= 15 is 0 Å². The molecule has 0 bridgehead atoms. The molecular weight excluding hydrogens is 228 g/mol. The Morgan fingerprint density at radius 1 is 1.50 bits per heavy atom. The largest absolute Gasteiger partial charge is 0.409 e. The number of allylic oxidation sites excluding steroid dienone is 2. The first-order chi connectivity index (χ1) is 8.76. The minimum absolute atomic E-state index is 0.0240. The summed E-state index contributed by atoms with van der Waals surface area (Å²) < 4.78 is 0. The summed E-state index contributed by atoms with van der Waals surface area (Å²) in [5.74, 6) is 0.747. The van der Waals surface area contributed by atoms with Crippen molar-refractivity contribution in [1.82, 2.24) is 10.8 Å². The molecule has 2 N–H and O–H groups in total. The number of carbonyl (C=O) groups is 1.